The number of aliphatic hydroxyl groups is 2. The van der Waals surface area contributed by atoms with Gasteiger partial charge in [0.15, 0.2) is 6.29 Å². The van der Waals surface area contributed by atoms with Crippen molar-refractivity contribution in [2.24, 2.45) is 0 Å². The highest BCUT2D eigenvalue weighted by Crippen LogP contribution is 2.25. The van der Waals surface area contributed by atoms with Crippen LogP contribution in [0.3, 0.4) is 0 Å². The van der Waals surface area contributed by atoms with Gasteiger partial charge >= 0.3 is 0 Å². The van der Waals surface area contributed by atoms with Crippen LogP contribution in [0.4, 0.5) is 0 Å². The summed E-state index contributed by atoms with van der Waals surface area (Å²) in [4.78, 5) is 0. The Balaban J connectivity index is 2.01. The smallest absolute Gasteiger partial charge is 0.186 e. The van der Waals surface area contributed by atoms with Gasteiger partial charge in [0.05, 0.1) is 6.10 Å². The quantitative estimate of drug-likeness (QED) is 0.604. The molecule has 0 unspecified atom stereocenters. The third kappa shape index (κ3) is 6.00. The molecular formula is C14H28O4S. The van der Waals surface area contributed by atoms with Gasteiger partial charge in [-0.1, -0.05) is 39.0 Å². The molecule has 5 heteroatoms. The summed E-state index contributed by atoms with van der Waals surface area (Å²) >= 11 is 1.78. The minimum absolute atomic E-state index is 0.315. The molecule has 0 bridgehead atoms. The number of hydrogen-bond acceptors (Lipinski definition) is 5. The minimum Gasteiger partial charge on any atom is -0.387 e. The molecule has 1 aliphatic heterocycles. The maximum atomic E-state index is 9.79. The molecule has 0 radical (unpaired) electrons. The van der Waals surface area contributed by atoms with Crippen molar-refractivity contribution in [2.75, 3.05) is 18.6 Å². The average Bonchev–Trinajstić information content (AvgIpc) is 2.69. The van der Waals surface area contributed by atoms with Crippen LogP contribution < -0.4 is 0 Å². The lowest BCUT2D eigenvalue weighted by molar-refractivity contribution is -0.145. The predicted octanol–water partition coefficient (Wildman–Crippen LogP) is 2.17. The summed E-state index contributed by atoms with van der Waals surface area (Å²) in [5.41, 5.74) is 0. The number of methoxy groups -OCH3 is 1. The molecule has 0 aromatic heterocycles. The van der Waals surface area contributed by atoms with Gasteiger partial charge < -0.3 is 19.7 Å². The zero-order chi connectivity index (χ0) is 14.1. The summed E-state index contributed by atoms with van der Waals surface area (Å²) in [6.45, 7) is 2.23. The van der Waals surface area contributed by atoms with E-state index in [9.17, 15) is 10.2 Å². The lowest BCUT2D eigenvalue weighted by Gasteiger charge is -2.13. The highest BCUT2D eigenvalue weighted by atomic mass is 32.2. The van der Waals surface area contributed by atoms with Crippen LogP contribution in [0.15, 0.2) is 0 Å². The standard InChI is InChI=1S/C14H28O4S/c1-3-4-5-6-7-8-9-19-10-11-12(15)13(16)14(17-2)18-11/h11-16H,3-10H2,1-2H3/t11-,12-,13+,14+/m1/s1. The van der Waals surface area contributed by atoms with E-state index in [0.29, 0.717) is 5.75 Å². The van der Waals surface area contributed by atoms with Crippen molar-refractivity contribution in [3.8, 4) is 0 Å². The fourth-order valence-electron chi connectivity index (χ4n) is 2.23. The normalized spacial score (nSPS) is 30.9. The van der Waals surface area contributed by atoms with E-state index in [-0.39, 0.29) is 6.10 Å². The highest BCUT2D eigenvalue weighted by Gasteiger charge is 2.42. The van der Waals surface area contributed by atoms with Gasteiger partial charge in [-0.3, -0.25) is 0 Å². The highest BCUT2D eigenvalue weighted by molar-refractivity contribution is 7.99. The number of rotatable bonds is 10. The van der Waals surface area contributed by atoms with Gasteiger partial charge in [-0.25, -0.2) is 0 Å². The van der Waals surface area contributed by atoms with Gasteiger partial charge in [0.25, 0.3) is 0 Å². The second kappa shape index (κ2) is 10.00. The molecule has 0 saturated carbocycles. The number of hydrogen-bond donors (Lipinski definition) is 2. The Morgan fingerprint density at radius 1 is 1.05 bits per heavy atom. The van der Waals surface area contributed by atoms with E-state index in [1.807, 2.05) is 0 Å². The number of aliphatic hydroxyl groups excluding tert-OH is 2. The zero-order valence-corrected chi connectivity index (χ0v) is 12.9. The van der Waals surface area contributed by atoms with Crippen LogP contribution in [-0.2, 0) is 9.47 Å². The molecule has 4 atom stereocenters. The lowest BCUT2D eigenvalue weighted by atomic mass is 10.1. The van der Waals surface area contributed by atoms with E-state index >= 15 is 0 Å². The molecule has 1 heterocycles. The maximum absolute atomic E-state index is 9.79. The minimum atomic E-state index is -0.926. The zero-order valence-electron chi connectivity index (χ0n) is 12.1. The van der Waals surface area contributed by atoms with Gasteiger partial charge in [0, 0.05) is 12.9 Å². The van der Waals surface area contributed by atoms with Crippen molar-refractivity contribution in [2.45, 2.75) is 70.1 Å². The number of unbranched alkanes of at least 4 members (excludes halogenated alkanes) is 5. The topological polar surface area (TPSA) is 58.9 Å². The Labute approximate surface area is 120 Å². The van der Waals surface area contributed by atoms with Crippen molar-refractivity contribution in [1.29, 1.82) is 0 Å². The van der Waals surface area contributed by atoms with Gasteiger partial charge in [-0.15, -0.1) is 0 Å². The maximum Gasteiger partial charge on any atom is 0.186 e. The Morgan fingerprint density at radius 2 is 1.74 bits per heavy atom. The molecule has 0 amide bonds. The average molecular weight is 292 g/mol. The number of ether oxygens (including phenoxy) is 2. The second-order valence-corrected chi connectivity index (χ2v) is 6.25. The van der Waals surface area contributed by atoms with E-state index in [4.69, 9.17) is 9.47 Å². The molecule has 0 aromatic carbocycles. The Kier molecular flexibility index (Phi) is 9.07. The first-order valence-corrected chi connectivity index (χ1v) is 8.48. The molecule has 0 spiro atoms. The molecule has 19 heavy (non-hydrogen) atoms. The van der Waals surface area contributed by atoms with E-state index in [1.165, 1.54) is 45.6 Å². The van der Waals surface area contributed by atoms with Crippen molar-refractivity contribution < 1.29 is 19.7 Å². The molecule has 0 aliphatic carbocycles. The van der Waals surface area contributed by atoms with Crippen LogP contribution in [0.25, 0.3) is 0 Å². The molecule has 1 fully saturated rings. The van der Waals surface area contributed by atoms with E-state index in [1.54, 1.807) is 11.8 Å². The Hall–Kier alpha value is 0.190. The van der Waals surface area contributed by atoms with Crippen LogP contribution in [0.2, 0.25) is 0 Å². The first-order chi connectivity index (χ1) is 9.20. The molecule has 0 aromatic rings. The summed E-state index contributed by atoms with van der Waals surface area (Å²) < 4.78 is 10.4. The van der Waals surface area contributed by atoms with Crippen molar-refractivity contribution in [3.63, 3.8) is 0 Å². The summed E-state index contributed by atoms with van der Waals surface area (Å²) in [6.07, 6.45) is 5.03. The summed E-state index contributed by atoms with van der Waals surface area (Å²) in [7, 11) is 1.48. The van der Waals surface area contributed by atoms with Crippen LogP contribution in [0.5, 0.6) is 0 Å². The molecule has 1 saturated heterocycles. The van der Waals surface area contributed by atoms with E-state index in [2.05, 4.69) is 6.92 Å². The van der Waals surface area contributed by atoms with Crippen LogP contribution in [-0.4, -0.2) is 53.4 Å². The third-order valence-electron chi connectivity index (χ3n) is 3.48. The van der Waals surface area contributed by atoms with Crippen LogP contribution >= 0.6 is 11.8 Å². The Bertz CT molecular complexity index is 227. The fraction of sp³-hybridized carbons (Fsp3) is 1.00. The van der Waals surface area contributed by atoms with E-state index < -0.39 is 18.5 Å². The Morgan fingerprint density at radius 3 is 2.37 bits per heavy atom. The van der Waals surface area contributed by atoms with Crippen molar-refractivity contribution in [1.82, 2.24) is 0 Å². The monoisotopic (exact) mass is 292 g/mol. The van der Waals surface area contributed by atoms with Crippen LogP contribution in [0, 0.1) is 0 Å². The molecule has 1 rings (SSSR count). The van der Waals surface area contributed by atoms with Gasteiger partial charge in [-0.05, 0) is 12.2 Å². The van der Waals surface area contributed by atoms with Gasteiger partial charge in [-0.2, -0.15) is 11.8 Å². The largest absolute Gasteiger partial charge is 0.387 e. The third-order valence-corrected chi connectivity index (χ3v) is 4.62. The molecule has 2 N–H and O–H groups in total. The predicted molar refractivity (Wildman–Crippen MR) is 78.4 cm³/mol. The second-order valence-electron chi connectivity index (χ2n) is 5.10. The number of thioether (sulfide) groups is 1. The SMILES string of the molecule is CCCCCCCCSC[C@H]1O[C@H](OC)[C@@H](O)[C@@H]1O. The van der Waals surface area contributed by atoms with Gasteiger partial charge in [0.2, 0.25) is 0 Å². The molecule has 4 nitrogen and oxygen atoms in total. The first-order valence-electron chi connectivity index (χ1n) is 7.32. The first kappa shape index (κ1) is 17.2. The molecule has 1 aliphatic rings. The summed E-state index contributed by atoms with van der Waals surface area (Å²) in [5.74, 6) is 1.81. The van der Waals surface area contributed by atoms with E-state index in [0.717, 1.165) is 5.75 Å². The van der Waals surface area contributed by atoms with Gasteiger partial charge in [0.1, 0.15) is 12.2 Å². The van der Waals surface area contributed by atoms with Crippen molar-refractivity contribution in [3.05, 3.63) is 0 Å². The summed E-state index contributed by atoms with van der Waals surface area (Å²) in [5, 5.41) is 19.4. The van der Waals surface area contributed by atoms with Crippen LogP contribution in [0.1, 0.15) is 45.4 Å². The molecular weight excluding hydrogens is 264 g/mol. The lowest BCUT2D eigenvalue weighted by Crippen LogP contribution is -2.33. The molecule has 114 valence electrons. The fourth-order valence-corrected chi connectivity index (χ4v) is 3.31. The van der Waals surface area contributed by atoms with Crippen molar-refractivity contribution >= 4 is 11.8 Å². The summed E-state index contributed by atoms with van der Waals surface area (Å²) in [6, 6.07) is 0.